The van der Waals surface area contributed by atoms with Gasteiger partial charge in [0.25, 0.3) is 0 Å². The van der Waals surface area contributed by atoms with Gasteiger partial charge >= 0.3 is 5.97 Å². The highest BCUT2D eigenvalue weighted by Gasteiger charge is 2.28. The molecule has 0 saturated heterocycles. The third-order valence-corrected chi connectivity index (χ3v) is 5.88. The predicted molar refractivity (Wildman–Crippen MR) is 113 cm³/mol. The SMILES string of the molecule is CCN1CCc2c(sc(NC(=O)Cc3ccc(OC)cc3)c2C(=O)OC)C1.Cl. The minimum atomic E-state index is -0.391. The van der Waals surface area contributed by atoms with Crippen LogP contribution in [0.3, 0.4) is 0 Å². The van der Waals surface area contributed by atoms with Crippen molar-refractivity contribution in [2.24, 2.45) is 0 Å². The average molecular weight is 425 g/mol. The summed E-state index contributed by atoms with van der Waals surface area (Å²) in [4.78, 5) is 28.3. The van der Waals surface area contributed by atoms with E-state index in [0.717, 1.165) is 47.8 Å². The zero-order chi connectivity index (χ0) is 19.4. The summed E-state index contributed by atoms with van der Waals surface area (Å²) in [6.07, 6.45) is 1.02. The Bertz CT molecular complexity index is 835. The van der Waals surface area contributed by atoms with Gasteiger partial charge in [0.1, 0.15) is 10.8 Å². The normalized spacial score (nSPS) is 13.2. The van der Waals surface area contributed by atoms with Crippen molar-refractivity contribution in [3.63, 3.8) is 0 Å². The van der Waals surface area contributed by atoms with Crippen molar-refractivity contribution in [2.75, 3.05) is 32.6 Å². The Morgan fingerprint density at radius 3 is 2.54 bits per heavy atom. The molecule has 0 fully saturated rings. The Morgan fingerprint density at radius 2 is 1.93 bits per heavy atom. The summed E-state index contributed by atoms with van der Waals surface area (Å²) < 4.78 is 10.1. The van der Waals surface area contributed by atoms with Crippen LogP contribution in [0.1, 0.15) is 33.3 Å². The zero-order valence-electron chi connectivity index (χ0n) is 16.2. The molecule has 1 aliphatic heterocycles. The number of likely N-dealkylation sites (N-methyl/N-ethyl adjacent to an activating group) is 1. The highest BCUT2D eigenvalue weighted by atomic mass is 35.5. The summed E-state index contributed by atoms with van der Waals surface area (Å²) >= 11 is 1.48. The molecule has 8 heteroatoms. The van der Waals surface area contributed by atoms with Crippen LogP contribution in [0.5, 0.6) is 5.75 Å². The summed E-state index contributed by atoms with van der Waals surface area (Å²) in [5.41, 5.74) is 2.40. The minimum absolute atomic E-state index is 0. The van der Waals surface area contributed by atoms with E-state index < -0.39 is 5.97 Å². The van der Waals surface area contributed by atoms with Crippen molar-refractivity contribution < 1.29 is 19.1 Å². The molecule has 3 rings (SSSR count). The number of nitrogens with zero attached hydrogens (tertiary/aromatic N) is 1. The van der Waals surface area contributed by atoms with E-state index in [1.807, 2.05) is 24.3 Å². The zero-order valence-corrected chi connectivity index (χ0v) is 17.9. The van der Waals surface area contributed by atoms with E-state index in [1.165, 1.54) is 18.4 Å². The fourth-order valence-electron chi connectivity index (χ4n) is 3.23. The Labute approximate surface area is 175 Å². The van der Waals surface area contributed by atoms with Crippen LogP contribution in [0, 0.1) is 0 Å². The number of halogens is 1. The molecule has 1 amide bonds. The molecule has 0 unspecified atom stereocenters. The molecule has 0 atom stereocenters. The predicted octanol–water partition coefficient (Wildman–Crippen LogP) is 3.52. The number of carbonyl (C=O) groups is 2. The second-order valence-electron chi connectivity index (χ2n) is 6.39. The molecule has 1 aromatic heterocycles. The number of anilines is 1. The fourth-order valence-corrected chi connectivity index (χ4v) is 4.53. The maximum absolute atomic E-state index is 12.5. The van der Waals surface area contributed by atoms with E-state index in [0.29, 0.717) is 10.6 Å². The summed E-state index contributed by atoms with van der Waals surface area (Å²) in [5.74, 6) is 0.201. The first-order valence-electron chi connectivity index (χ1n) is 8.93. The van der Waals surface area contributed by atoms with Crippen molar-refractivity contribution in [3.05, 3.63) is 45.8 Å². The van der Waals surface area contributed by atoms with E-state index in [9.17, 15) is 9.59 Å². The molecular formula is C20H25ClN2O4S. The van der Waals surface area contributed by atoms with Gasteiger partial charge < -0.3 is 14.8 Å². The van der Waals surface area contributed by atoms with Crippen molar-refractivity contribution >= 4 is 40.6 Å². The van der Waals surface area contributed by atoms with Crippen molar-refractivity contribution in [3.8, 4) is 5.75 Å². The van der Waals surface area contributed by atoms with Crippen molar-refractivity contribution in [2.45, 2.75) is 26.3 Å². The standard InChI is InChI=1S/C20H24N2O4S.ClH/c1-4-22-10-9-15-16(12-22)27-19(18(15)20(24)26-3)21-17(23)11-13-5-7-14(25-2)8-6-13;/h5-8H,4,9-12H2,1-3H3,(H,21,23);1H. The van der Waals surface area contributed by atoms with Crippen LogP contribution < -0.4 is 10.1 Å². The topological polar surface area (TPSA) is 67.9 Å². The molecule has 1 aliphatic rings. The molecular weight excluding hydrogens is 400 g/mol. The van der Waals surface area contributed by atoms with Crippen LogP contribution in [0.25, 0.3) is 0 Å². The molecule has 1 aromatic carbocycles. The molecule has 6 nitrogen and oxygen atoms in total. The average Bonchev–Trinajstić information content (AvgIpc) is 3.04. The first-order chi connectivity index (χ1) is 13.0. The number of hydrogen-bond acceptors (Lipinski definition) is 6. The van der Waals surface area contributed by atoms with Crippen molar-refractivity contribution in [1.29, 1.82) is 0 Å². The molecule has 0 spiro atoms. The van der Waals surface area contributed by atoms with Crippen molar-refractivity contribution in [1.82, 2.24) is 4.90 Å². The second-order valence-corrected chi connectivity index (χ2v) is 7.50. The van der Waals surface area contributed by atoms with Gasteiger partial charge in [-0.2, -0.15) is 0 Å². The molecule has 1 N–H and O–H groups in total. The molecule has 0 saturated carbocycles. The maximum Gasteiger partial charge on any atom is 0.341 e. The number of carbonyl (C=O) groups excluding carboxylic acids is 2. The van der Waals surface area contributed by atoms with Gasteiger partial charge in [-0.25, -0.2) is 4.79 Å². The molecule has 0 aliphatic carbocycles. The van der Waals surface area contributed by atoms with Crippen LogP contribution in [-0.2, 0) is 28.9 Å². The second kappa shape index (κ2) is 9.91. The Hall–Kier alpha value is -2.09. The lowest BCUT2D eigenvalue weighted by Crippen LogP contribution is -2.30. The van der Waals surface area contributed by atoms with Gasteiger partial charge in [-0.3, -0.25) is 9.69 Å². The molecule has 152 valence electrons. The molecule has 2 heterocycles. The summed E-state index contributed by atoms with van der Waals surface area (Å²) in [5, 5.41) is 3.51. The van der Waals surface area contributed by atoms with Gasteiger partial charge in [0.15, 0.2) is 0 Å². The third-order valence-electron chi connectivity index (χ3n) is 4.75. The number of nitrogens with one attached hydrogen (secondary N) is 1. The number of benzene rings is 1. The van der Waals surface area contributed by atoms with Gasteiger partial charge in [-0.15, -0.1) is 23.7 Å². The lowest BCUT2D eigenvalue weighted by Gasteiger charge is -2.25. The summed E-state index contributed by atoms with van der Waals surface area (Å²) in [7, 11) is 2.98. The lowest BCUT2D eigenvalue weighted by molar-refractivity contribution is -0.115. The minimum Gasteiger partial charge on any atom is -0.497 e. The van der Waals surface area contributed by atoms with Gasteiger partial charge in [0, 0.05) is 18.0 Å². The van der Waals surface area contributed by atoms with Crippen LogP contribution in [-0.4, -0.2) is 44.1 Å². The Kier molecular flexibility index (Phi) is 7.86. The number of thiophene rings is 1. The summed E-state index contributed by atoms with van der Waals surface area (Å²) in [6.45, 7) is 4.79. The first-order valence-corrected chi connectivity index (χ1v) is 9.75. The quantitative estimate of drug-likeness (QED) is 0.718. The van der Waals surface area contributed by atoms with E-state index in [4.69, 9.17) is 9.47 Å². The molecule has 0 radical (unpaired) electrons. The number of methoxy groups -OCH3 is 2. The molecule has 0 bridgehead atoms. The number of fused-ring (bicyclic) bond motifs is 1. The van der Waals surface area contributed by atoms with Gasteiger partial charge in [-0.05, 0) is 36.2 Å². The van der Waals surface area contributed by atoms with Crippen LogP contribution >= 0.6 is 23.7 Å². The lowest BCUT2D eigenvalue weighted by atomic mass is 10.0. The van der Waals surface area contributed by atoms with Crippen LogP contribution in [0.15, 0.2) is 24.3 Å². The Morgan fingerprint density at radius 1 is 1.21 bits per heavy atom. The Balaban J connectivity index is 0.00000280. The molecule has 2 aromatic rings. The number of esters is 1. The van der Waals surface area contributed by atoms with Gasteiger partial charge in [-0.1, -0.05) is 19.1 Å². The third kappa shape index (κ3) is 4.84. The molecule has 28 heavy (non-hydrogen) atoms. The van der Waals surface area contributed by atoms with E-state index >= 15 is 0 Å². The highest BCUT2D eigenvalue weighted by molar-refractivity contribution is 7.17. The number of amides is 1. The number of ether oxygens (including phenoxy) is 2. The first kappa shape index (κ1) is 22.2. The largest absolute Gasteiger partial charge is 0.497 e. The van der Waals surface area contributed by atoms with Gasteiger partial charge in [0.05, 0.1) is 26.2 Å². The van der Waals surface area contributed by atoms with Crippen LogP contribution in [0.4, 0.5) is 5.00 Å². The number of hydrogen-bond donors (Lipinski definition) is 1. The van der Waals surface area contributed by atoms with E-state index in [2.05, 4.69) is 17.1 Å². The fraction of sp³-hybridized carbons (Fsp3) is 0.400. The summed E-state index contributed by atoms with van der Waals surface area (Å²) in [6, 6.07) is 7.37. The van der Waals surface area contributed by atoms with Crippen LogP contribution in [0.2, 0.25) is 0 Å². The number of rotatable bonds is 6. The maximum atomic E-state index is 12.5. The van der Waals surface area contributed by atoms with E-state index in [1.54, 1.807) is 7.11 Å². The monoisotopic (exact) mass is 424 g/mol. The van der Waals surface area contributed by atoms with E-state index in [-0.39, 0.29) is 24.7 Å². The highest BCUT2D eigenvalue weighted by Crippen LogP contribution is 2.37. The van der Waals surface area contributed by atoms with Gasteiger partial charge in [0.2, 0.25) is 5.91 Å². The smallest absolute Gasteiger partial charge is 0.341 e.